The van der Waals surface area contributed by atoms with Crippen LogP contribution in [0.2, 0.25) is 0 Å². The fourth-order valence-corrected chi connectivity index (χ4v) is 5.81. The molecule has 4 aromatic rings. The highest BCUT2D eigenvalue weighted by Gasteiger charge is 2.32. The van der Waals surface area contributed by atoms with E-state index in [-0.39, 0.29) is 17.7 Å². The lowest BCUT2D eigenvalue weighted by atomic mass is 9.95. The van der Waals surface area contributed by atoms with Gasteiger partial charge in [-0.05, 0) is 48.5 Å². The molecule has 38 heavy (non-hydrogen) atoms. The first-order valence-electron chi connectivity index (χ1n) is 12.4. The summed E-state index contributed by atoms with van der Waals surface area (Å²) in [5, 5.41) is 5.53. The number of rotatable bonds is 11. The molecule has 0 bridgehead atoms. The van der Waals surface area contributed by atoms with E-state index in [0.29, 0.717) is 17.0 Å². The maximum atomic E-state index is 13.6. The maximum Gasteiger partial charge on any atom is 0.251 e. The third-order valence-corrected chi connectivity index (χ3v) is 8.20. The van der Waals surface area contributed by atoms with Crippen molar-refractivity contribution in [2.75, 3.05) is 16.4 Å². The number of thioether (sulfide) groups is 2. The number of hydrogen-bond acceptors (Lipinski definition) is 4. The minimum atomic E-state index is -0.535. The first-order chi connectivity index (χ1) is 18.6. The van der Waals surface area contributed by atoms with E-state index in [0.717, 1.165) is 15.5 Å². The molecule has 0 fully saturated rings. The van der Waals surface area contributed by atoms with Crippen LogP contribution in [0.25, 0.3) is 0 Å². The molecule has 2 N–H and O–H groups in total. The summed E-state index contributed by atoms with van der Waals surface area (Å²) < 4.78 is 0. The first kappa shape index (κ1) is 27.3. The highest BCUT2D eigenvalue weighted by atomic mass is 32.2. The first-order valence-corrected chi connectivity index (χ1v) is 14.3. The zero-order chi connectivity index (χ0) is 26.6. The number of carbonyl (C=O) groups is 2. The smallest absolute Gasteiger partial charge is 0.251 e. The van der Waals surface area contributed by atoms with E-state index in [1.54, 1.807) is 11.8 Å². The number of benzene rings is 4. The van der Waals surface area contributed by atoms with E-state index in [1.165, 1.54) is 11.8 Å². The van der Waals surface area contributed by atoms with Crippen LogP contribution in [0.3, 0.4) is 0 Å². The van der Waals surface area contributed by atoms with Gasteiger partial charge in [0.25, 0.3) is 5.91 Å². The van der Waals surface area contributed by atoms with Crippen molar-refractivity contribution in [1.82, 2.24) is 0 Å². The minimum Gasteiger partial charge on any atom is -0.325 e. The normalized spacial score (nSPS) is 12.8. The van der Waals surface area contributed by atoms with Gasteiger partial charge in [-0.2, -0.15) is 0 Å². The Hall–Kier alpha value is -3.74. The van der Waals surface area contributed by atoms with E-state index in [9.17, 15) is 9.59 Å². The molecule has 0 aliphatic heterocycles. The van der Waals surface area contributed by atoms with Gasteiger partial charge in [-0.15, -0.1) is 23.5 Å². The van der Waals surface area contributed by atoms with Crippen molar-refractivity contribution in [3.63, 3.8) is 0 Å². The molecule has 2 amide bonds. The van der Waals surface area contributed by atoms with E-state index >= 15 is 0 Å². The molecule has 4 rings (SSSR count). The van der Waals surface area contributed by atoms with Crippen LogP contribution >= 0.6 is 23.5 Å². The second-order valence-corrected chi connectivity index (χ2v) is 10.9. The summed E-state index contributed by atoms with van der Waals surface area (Å²) in [6.45, 7) is 1.95. The quantitative estimate of drug-likeness (QED) is 0.151. The van der Waals surface area contributed by atoms with Crippen LogP contribution in [0, 0.1) is 5.92 Å². The third kappa shape index (κ3) is 8.13. The molecule has 0 aromatic heterocycles. The summed E-state index contributed by atoms with van der Waals surface area (Å²) in [6, 6.07) is 38.7. The van der Waals surface area contributed by atoms with Gasteiger partial charge in [0.1, 0.15) is 0 Å². The molecule has 6 heteroatoms. The second kappa shape index (κ2) is 14.3. The van der Waals surface area contributed by atoms with Crippen LogP contribution < -0.4 is 10.6 Å². The van der Waals surface area contributed by atoms with Crippen molar-refractivity contribution < 1.29 is 9.59 Å². The van der Waals surface area contributed by atoms with Gasteiger partial charge in [0, 0.05) is 38.4 Å². The van der Waals surface area contributed by atoms with Gasteiger partial charge in [0.05, 0.1) is 5.25 Å². The Balaban J connectivity index is 1.62. The van der Waals surface area contributed by atoms with Crippen LogP contribution in [-0.2, 0) is 9.59 Å². The van der Waals surface area contributed by atoms with Gasteiger partial charge in [-0.25, -0.2) is 0 Å². The van der Waals surface area contributed by atoms with E-state index in [4.69, 9.17) is 0 Å². The van der Waals surface area contributed by atoms with Crippen molar-refractivity contribution in [2.24, 2.45) is 5.92 Å². The number of nitrogens with one attached hydrogen (secondary N) is 2. The highest BCUT2D eigenvalue weighted by molar-refractivity contribution is 8.00. The summed E-state index contributed by atoms with van der Waals surface area (Å²) in [6.07, 6.45) is 1.95. The zero-order valence-corrected chi connectivity index (χ0v) is 22.8. The fraction of sp³-hybridized carbons (Fsp3) is 0.125. The lowest BCUT2D eigenvalue weighted by molar-refractivity contribution is -0.116. The Labute approximate surface area is 233 Å². The van der Waals surface area contributed by atoms with Gasteiger partial charge in [-0.3, -0.25) is 9.59 Å². The van der Waals surface area contributed by atoms with Gasteiger partial charge < -0.3 is 10.6 Å². The molecular formula is C32H30N2O2S2. The van der Waals surface area contributed by atoms with Crippen molar-refractivity contribution in [3.05, 3.63) is 133 Å². The van der Waals surface area contributed by atoms with Crippen molar-refractivity contribution >= 4 is 46.7 Å². The summed E-state index contributed by atoms with van der Waals surface area (Å²) >= 11 is 3.12. The number of hydrogen-bond donors (Lipinski definition) is 2. The SMILES string of the molecule is CC(/C(=C/CSc1ccccc1)C(=O)Nc1ccccc1)C(Sc1ccccc1)C(=O)Nc1ccccc1. The summed E-state index contributed by atoms with van der Waals surface area (Å²) in [4.78, 5) is 29.3. The number of amides is 2. The second-order valence-electron chi connectivity index (χ2n) is 8.60. The van der Waals surface area contributed by atoms with Gasteiger partial charge in [-0.1, -0.05) is 85.8 Å². The van der Waals surface area contributed by atoms with Gasteiger partial charge >= 0.3 is 0 Å². The Morgan fingerprint density at radius 1 is 0.684 bits per heavy atom. The molecule has 2 atom stereocenters. The van der Waals surface area contributed by atoms with Crippen LogP contribution in [-0.4, -0.2) is 22.8 Å². The maximum absolute atomic E-state index is 13.6. The van der Waals surface area contributed by atoms with E-state index in [2.05, 4.69) is 10.6 Å². The molecule has 4 aromatic carbocycles. The molecule has 0 heterocycles. The van der Waals surface area contributed by atoms with Crippen LogP contribution in [0.5, 0.6) is 0 Å². The third-order valence-electron chi connectivity index (χ3n) is 5.84. The fourth-order valence-electron chi connectivity index (χ4n) is 3.88. The van der Waals surface area contributed by atoms with Crippen LogP contribution in [0.4, 0.5) is 11.4 Å². The summed E-state index contributed by atoms with van der Waals surface area (Å²) in [7, 11) is 0. The van der Waals surface area contributed by atoms with Crippen molar-refractivity contribution in [2.45, 2.75) is 22.0 Å². The summed E-state index contributed by atoms with van der Waals surface area (Å²) in [5.74, 6) is -0.117. The Morgan fingerprint density at radius 3 is 1.71 bits per heavy atom. The van der Waals surface area contributed by atoms with Crippen molar-refractivity contribution in [3.8, 4) is 0 Å². The number of carbonyl (C=O) groups excluding carboxylic acids is 2. The standard InChI is InChI=1S/C32H30N2O2S2/c1-24(30(38-28-20-12-5-13-21-28)32(36)34-26-16-8-3-9-17-26)29(22-23-37-27-18-10-4-11-19-27)31(35)33-25-14-6-2-7-15-25/h2-22,24,30H,23H2,1H3,(H,33,35)(H,34,36)/b29-22-. The monoisotopic (exact) mass is 538 g/mol. The minimum absolute atomic E-state index is 0.147. The lowest BCUT2D eigenvalue weighted by Crippen LogP contribution is -2.34. The Bertz CT molecular complexity index is 1330. The molecule has 2 unspecified atom stereocenters. The van der Waals surface area contributed by atoms with Crippen LogP contribution in [0.1, 0.15) is 6.92 Å². The average Bonchev–Trinajstić information content (AvgIpc) is 2.96. The zero-order valence-electron chi connectivity index (χ0n) is 21.1. The lowest BCUT2D eigenvalue weighted by Gasteiger charge is -2.25. The van der Waals surface area contributed by atoms with Crippen molar-refractivity contribution in [1.29, 1.82) is 0 Å². The van der Waals surface area contributed by atoms with Gasteiger partial charge in [0.15, 0.2) is 0 Å². The molecule has 0 spiro atoms. The summed E-state index contributed by atoms with van der Waals surface area (Å²) in [5.41, 5.74) is 2.02. The molecule has 0 saturated heterocycles. The topological polar surface area (TPSA) is 58.2 Å². The molecule has 0 aliphatic rings. The molecule has 4 nitrogen and oxygen atoms in total. The Kier molecular flexibility index (Phi) is 10.2. The molecular weight excluding hydrogens is 508 g/mol. The predicted octanol–water partition coefficient (Wildman–Crippen LogP) is 7.78. The van der Waals surface area contributed by atoms with E-state index < -0.39 is 5.25 Å². The molecule has 0 radical (unpaired) electrons. The molecule has 0 aliphatic carbocycles. The largest absolute Gasteiger partial charge is 0.325 e. The molecule has 192 valence electrons. The Morgan fingerprint density at radius 2 is 1.16 bits per heavy atom. The molecule has 0 saturated carbocycles. The van der Waals surface area contributed by atoms with E-state index in [1.807, 2.05) is 134 Å². The van der Waals surface area contributed by atoms with Gasteiger partial charge in [0.2, 0.25) is 5.91 Å². The highest BCUT2D eigenvalue weighted by Crippen LogP contribution is 2.34. The van der Waals surface area contributed by atoms with Crippen LogP contribution in [0.15, 0.2) is 143 Å². The average molecular weight is 539 g/mol. The number of para-hydroxylation sites is 2. The predicted molar refractivity (Wildman–Crippen MR) is 161 cm³/mol. The number of anilines is 2.